The number of hydrogen-bond donors (Lipinski definition) is 2. The number of fused-ring (bicyclic) bond motifs is 1. The molecule has 0 aliphatic heterocycles. The second kappa shape index (κ2) is 5.51. The molecule has 2 heteroatoms. The molecule has 0 aliphatic rings. The van der Waals surface area contributed by atoms with E-state index in [1.165, 1.54) is 5.39 Å². The third kappa shape index (κ3) is 2.71. The first-order chi connectivity index (χ1) is 8.59. The molecule has 0 radical (unpaired) electrons. The molecule has 3 N–H and O–H groups in total. The topological polar surface area (TPSA) is 46.2 Å². The van der Waals surface area contributed by atoms with Gasteiger partial charge in [0.05, 0.1) is 12.1 Å². The Morgan fingerprint density at radius 2 is 1.72 bits per heavy atom. The highest BCUT2D eigenvalue weighted by Crippen LogP contribution is 2.26. The summed E-state index contributed by atoms with van der Waals surface area (Å²) in [7, 11) is 0. The molecule has 0 unspecified atom stereocenters. The van der Waals surface area contributed by atoms with Crippen molar-refractivity contribution in [1.29, 1.82) is 0 Å². The zero-order chi connectivity index (χ0) is 13.1. The number of aliphatic hydroxyl groups is 1. The maximum absolute atomic E-state index is 10.2. The molecule has 2 aromatic carbocycles. The fourth-order valence-corrected chi connectivity index (χ4v) is 2.38. The quantitative estimate of drug-likeness (QED) is 0.866. The normalized spacial score (nSPS) is 14.9. The van der Waals surface area contributed by atoms with Gasteiger partial charge in [-0.2, -0.15) is 0 Å². The first-order valence-corrected chi connectivity index (χ1v) is 6.51. The van der Waals surface area contributed by atoms with Crippen molar-refractivity contribution >= 4 is 10.8 Å². The lowest BCUT2D eigenvalue weighted by atomic mass is 9.92. The van der Waals surface area contributed by atoms with Crippen molar-refractivity contribution in [2.75, 3.05) is 0 Å². The van der Waals surface area contributed by atoms with Crippen molar-refractivity contribution in [3.8, 4) is 0 Å². The van der Waals surface area contributed by atoms with Crippen molar-refractivity contribution in [1.82, 2.24) is 0 Å². The zero-order valence-corrected chi connectivity index (χ0v) is 11.0. The van der Waals surface area contributed by atoms with E-state index in [0.717, 1.165) is 17.4 Å². The molecule has 0 heterocycles. The molecule has 0 bridgehead atoms. The molecule has 96 valence electrons. The summed E-state index contributed by atoms with van der Waals surface area (Å²) in [5.41, 5.74) is 7.23. The number of hydrogen-bond acceptors (Lipinski definition) is 2. The highest BCUT2D eigenvalue weighted by Gasteiger charge is 2.19. The SMILES string of the molecule is CC(C)C[C@H](O)[C@H](N)c1cccc2ccccc12. The van der Waals surface area contributed by atoms with Crippen LogP contribution in [0.1, 0.15) is 31.9 Å². The van der Waals surface area contributed by atoms with Gasteiger partial charge in [-0.1, -0.05) is 56.3 Å². The molecule has 0 aromatic heterocycles. The van der Waals surface area contributed by atoms with Crippen molar-refractivity contribution < 1.29 is 5.11 Å². The molecule has 0 aliphatic carbocycles. The summed E-state index contributed by atoms with van der Waals surface area (Å²) in [6.45, 7) is 4.19. The van der Waals surface area contributed by atoms with Gasteiger partial charge in [0.25, 0.3) is 0 Å². The Morgan fingerprint density at radius 3 is 2.44 bits per heavy atom. The number of aliphatic hydroxyl groups excluding tert-OH is 1. The molecule has 0 saturated carbocycles. The minimum Gasteiger partial charge on any atom is -0.391 e. The lowest BCUT2D eigenvalue weighted by molar-refractivity contribution is 0.121. The van der Waals surface area contributed by atoms with Gasteiger partial charge in [-0.15, -0.1) is 0 Å². The van der Waals surface area contributed by atoms with E-state index in [4.69, 9.17) is 5.73 Å². The average molecular weight is 243 g/mol. The van der Waals surface area contributed by atoms with Gasteiger partial charge < -0.3 is 10.8 Å². The molecule has 2 rings (SSSR count). The van der Waals surface area contributed by atoms with Crippen LogP contribution in [0.25, 0.3) is 10.8 Å². The predicted octanol–water partition coefficient (Wildman–Crippen LogP) is 3.25. The van der Waals surface area contributed by atoms with Gasteiger partial charge in [0.15, 0.2) is 0 Å². The Bertz CT molecular complexity index is 516. The maximum Gasteiger partial charge on any atom is 0.0735 e. The Kier molecular flexibility index (Phi) is 4.00. The van der Waals surface area contributed by atoms with Crippen molar-refractivity contribution in [3.05, 3.63) is 48.0 Å². The number of benzene rings is 2. The molecule has 2 aromatic rings. The van der Waals surface area contributed by atoms with Crippen LogP contribution in [0.3, 0.4) is 0 Å². The third-order valence-electron chi connectivity index (χ3n) is 3.31. The van der Waals surface area contributed by atoms with E-state index in [-0.39, 0.29) is 6.04 Å². The Morgan fingerprint density at radius 1 is 1.06 bits per heavy atom. The van der Waals surface area contributed by atoms with Crippen LogP contribution >= 0.6 is 0 Å². The molecular weight excluding hydrogens is 222 g/mol. The number of rotatable bonds is 4. The van der Waals surface area contributed by atoms with Crippen LogP contribution in [-0.2, 0) is 0 Å². The summed E-state index contributed by atoms with van der Waals surface area (Å²) in [4.78, 5) is 0. The molecule has 18 heavy (non-hydrogen) atoms. The van der Waals surface area contributed by atoms with Crippen LogP contribution in [0.15, 0.2) is 42.5 Å². The van der Waals surface area contributed by atoms with Gasteiger partial charge in [-0.3, -0.25) is 0 Å². The van der Waals surface area contributed by atoms with E-state index in [1.807, 2.05) is 24.3 Å². The van der Waals surface area contributed by atoms with Crippen molar-refractivity contribution in [2.45, 2.75) is 32.4 Å². The first kappa shape index (κ1) is 13.1. The van der Waals surface area contributed by atoms with Gasteiger partial charge in [0.1, 0.15) is 0 Å². The molecule has 0 fully saturated rings. The van der Waals surface area contributed by atoms with E-state index in [0.29, 0.717) is 5.92 Å². The van der Waals surface area contributed by atoms with Crippen molar-refractivity contribution in [2.24, 2.45) is 11.7 Å². The van der Waals surface area contributed by atoms with Gasteiger partial charge in [-0.25, -0.2) is 0 Å². The summed E-state index contributed by atoms with van der Waals surface area (Å²) < 4.78 is 0. The van der Waals surface area contributed by atoms with Crippen LogP contribution in [0.4, 0.5) is 0 Å². The minimum absolute atomic E-state index is 0.321. The summed E-state index contributed by atoms with van der Waals surface area (Å²) in [6, 6.07) is 13.9. The average Bonchev–Trinajstić information content (AvgIpc) is 2.36. The molecule has 2 atom stereocenters. The molecule has 0 spiro atoms. The van der Waals surface area contributed by atoms with Crippen molar-refractivity contribution in [3.63, 3.8) is 0 Å². The summed E-state index contributed by atoms with van der Waals surface area (Å²) >= 11 is 0. The Labute approximate surface area is 108 Å². The van der Waals surface area contributed by atoms with Gasteiger partial charge in [0, 0.05) is 0 Å². The first-order valence-electron chi connectivity index (χ1n) is 6.51. The fraction of sp³-hybridized carbons (Fsp3) is 0.375. The smallest absolute Gasteiger partial charge is 0.0735 e. The standard InChI is InChI=1S/C16H21NO/c1-11(2)10-15(18)16(17)14-9-5-7-12-6-3-4-8-13(12)14/h3-9,11,15-16,18H,10,17H2,1-2H3/t15-,16+/m0/s1. The van der Waals surface area contributed by atoms with E-state index >= 15 is 0 Å². The van der Waals surface area contributed by atoms with E-state index in [9.17, 15) is 5.11 Å². The van der Waals surface area contributed by atoms with Crippen LogP contribution < -0.4 is 5.73 Å². The fourth-order valence-electron chi connectivity index (χ4n) is 2.38. The van der Waals surface area contributed by atoms with Crippen LogP contribution in [-0.4, -0.2) is 11.2 Å². The highest BCUT2D eigenvalue weighted by molar-refractivity contribution is 5.86. The predicted molar refractivity (Wildman–Crippen MR) is 76.3 cm³/mol. The van der Waals surface area contributed by atoms with Gasteiger partial charge in [-0.05, 0) is 28.7 Å². The maximum atomic E-state index is 10.2. The molecular formula is C16H21NO. The Hall–Kier alpha value is -1.38. The largest absolute Gasteiger partial charge is 0.391 e. The molecule has 0 saturated heterocycles. The third-order valence-corrected chi connectivity index (χ3v) is 3.31. The summed E-state index contributed by atoms with van der Waals surface area (Å²) in [5, 5.41) is 12.5. The van der Waals surface area contributed by atoms with E-state index in [1.54, 1.807) is 0 Å². The van der Waals surface area contributed by atoms with Crippen LogP contribution in [0.5, 0.6) is 0 Å². The number of nitrogens with two attached hydrogens (primary N) is 1. The summed E-state index contributed by atoms with van der Waals surface area (Å²) in [6.07, 6.45) is 0.237. The second-order valence-electron chi connectivity index (χ2n) is 5.29. The second-order valence-corrected chi connectivity index (χ2v) is 5.29. The van der Waals surface area contributed by atoms with Crippen LogP contribution in [0, 0.1) is 5.92 Å². The highest BCUT2D eigenvalue weighted by atomic mass is 16.3. The molecule has 2 nitrogen and oxygen atoms in total. The monoisotopic (exact) mass is 243 g/mol. The van der Waals surface area contributed by atoms with E-state index in [2.05, 4.69) is 32.0 Å². The zero-order valence-electron chi connectivity index (χ0n) is 11.0. The summed E-state index contributed by atoms with van der Waals surface area (Å²) in [5.74, 6) is 0.445. The lowest BCUT2D eigenvalue weighted by Gasteiger charge is -2.22. The van der Waals surface area contributed by atoms with E-state index < -0.39 is 6.10 Å². The van der Waals surface area contributed by atoms with Crippen LogP contribution in [0.2, 0.25) is 0 Å². The van der Waals surface area contributed by atoms with Gasteiger partial charge in [0.2, 0.25) is 0 Å². The lowest BCUT2D eigenvalue weighted by Crippen LogP contribution is -2.27. The minimum atomic E-state index is -0.490. The van der Waals surface area contributed by atoms with Gasteiger partial charge >= 0.3 is 0 Å². The molecule has 0 amide bonds. The Balaban J connectivity index is 2.35.